The van der Waals surface area contributed by atoms with Crippen molar-refractivity contribution in [1.29, 1.82) is 0 Å². The number of ether oxygens (including phenoxy) is 6. The van der Waals surface area contributed by atoms with Gasteiger partial charge in [-0.05, 0) is 38.5 Å². The zero-order chi connectivity index (χ0) is 45.2. The summed E-state index contributed by atoms with van der Waals surface area (Å²) in [5.74, 6) is -0.382. The van der Waals surface area contributed by atoms with Crippen LogP contribution >= 0.6 is 0 Å². The van der Waals surface area contributed by atoms with Gasteiger partial charge in [-0.15, -0.1) is 0 Å². The van der Waals surface area contributed by atoms with Gasteiger partial charge >= 0.3 is 5.97 Å². The third kappa shape index (κ3) is 24.9. The Morgan fingerprint density at radius 3 is 1.47 bits per heavy atom. The van der Waals surface area contributed by atoms with Crippen LogP contribution in [0.1, 0.15) is 187 Å². The molecule has 0 aromatic rings. The summed E-state index contributed by atoms with van der Waals surface area (Å²) in [5, 5.41) is 72.0. The van der Waals surface area contributed by atoms with E-state index in [9.17, 15) is 40.5 Å². The van der Waals surface area contributed by atoms with Gasteiger partial charge in [-0.2, -0.15) is 0 Å². The van der Waals surface area contributed by atoms with Gasteiger partial charge in [0.15, 0.2) is 12.6 Å². The van der Waals surface area contributed by atoms with E-state index in [1.165, 1.54) is 103 Å². The normalized spacial score (nSPS) is 27.2. The second-order valence-electron chi connectivity index (χ2n) is 17.6. The minimum atomic E-state index is -1.70. The summed E-state index contributed by atoms with van der Waals surface area (Å²) < 4.78 is 34.2. The van der Waals surface area contributed by atoms with E-state index < -0.39 is 80.7 Å². The molecule has 366 valence electrons. The Balaban J connectivity index is 1.78. The number of unbranched alkanes of at least 4 members (excludes halogenated alkanes) is 23. The number of hydrogen-bond acceptors (Lipinski definition) is 14. The lowest BCUT2D eigenvalue weighted by Crippen LogP contribution is -2.61. The lowest BCUT2D eigenvalue weighted by Gasteiger charge is -2.42. The predicted octanol–water partition coefficient (Wildman–Crippen LogP) is 6.68. The monoisotopic (exact) mass is 891 g/mol. The molecule has 62 heavy (non-hydrogen) atoms. The second-order valence-corrected chi connectivity index (χ2v) is 17.6. The average Bonchev–Trinajstić information content (AvgIpc) is 3.27. The summed E-state index contributed by atoms with van der Waals surface area (Å²) in [5.41, 5.74) is 0. The minimum Gasteiger partial charge on any atom is -0.457 e. The fourth-order valence-electron chi connectivity index (χ4n) is 7.93. The van der Waals surface area contributed by atoms with Crippen LogP contribution in [0, 0.1) is 0 Å². The molecule has 0 saturated carbocycles. The molecule has 0 bridgehead atoms. The third-order valence-electron chi connectivity index (χ3n) is 12.0. The van der Waals surface area contributed by atoms with Gasteiger partial charge in [0.1, 0.15) is 54.9 Å². The van der Waals surface area contributed by atoms with Crippen LogP contribution in [0.2, 0.25) is 0 Å². The smallest absolute Gasteiger partial charge is 0.306 e. The topological polar surface area (TPSA) is 214 Å². The number of rotatable bonds is 39. The van der Waals surface area contributed by atoms with Gasteiger partial charge in [0.2, 0.25) is 0 Å². The molecule has 0 amide bonds. The predicted molar refractivity (Wildman–Crippen MR) is 238 cm³/mol. The first-order chi connectivity index (χ1) is 30.1. The molecule has 0 radical (unpaired) electrons. The number of carbonyl (C=O) groups is 1. The Bertz CT molecular complexity index is 1080. The standard InChI is InChI=1S/C48H90O14/c1-3-5-7-9-11-13-15-17-18-19-20-21-23-25-27-29-31-40(50)60-37(34-57-32-30-28-26-24-22-16-14-12-10-8-6-4-2)35-58-47-46(56)44(54)42(52)39(62-47)36-59-48-45(55)43(53)41(51)38(33-49)61-48/h18-19,37-39,41-49,51-56H,3-17,20-36H2,1-2H3/b19-18-. The van der Waals surface area contributed by atoms with Crippen molar-refractivity contribution in [2.45, 2.75) is 255 Å². The maximum absolute atomic E-state index is 13.0. The highest BCUT2D eigenvalue weighted by Crippen LogP contribution is 2.26. The van der Waals surface area contributed by atoms with Gasteiger partial charge in [-0.25, -0.2) is 0 Å². The lowest BCUT2D eigenvalue weighted by molar-refractivity contribution is -0.332. The summed E-state index contributed by atoms with van der Waals surface area (Å²) in [4.78, 5) is 13.0. The van der Waals surface area contributed by atoms with Gasteiger partial charge in [0.05, 0.1) is 26.4 Å². The van der Waals surface area contributed by atoms with E-state index in [0.29, 0.717) is 13.0 Å². The van der Waals surface area contributed by atoms with Crippen molar-refractivity contribution in [2.24, 2.45) is 0 Å². The van der Waals surface area contributed by atoms with E-state index in [-0.39, 0.29) is 25.6 Å². The molecule has 2 saturated heterocycles. The molecule has 0 aliphatic carbocycles. The van der Waals surface area contributed by atoms with E-state index in [2.05, 4.69) is 26.0 Å². The summed E-state index contributed by atoms with van der Waals surface area (Å²) in [6.45, 7) is 3.69. The molecule has 0 aromatic heterocycles. The van der Waals surface area contributed by atoms with Gasteiger partial charge in [0, 0.05) is 13.0 Å². The van der Waals surface area contributed by atoms with Crippen molar-refractivity contribution in [3.05, 3.63) is 12.2 Å². The van der Waals surface area contributed by atoms with Gasteiger partial charge in [0.25, 0.3) is 0 Å². The molecule has 0 aromatic carbocycles. The van der Waals surface area contributed by atoms with Crippen LogP contribution in [0.4, 0.5) is 0 Å². The highest BCUT2D eigenvalue weighted by atomic mass is 16.7. The van der Waals surface area contributed by atoms with E-state index in [0.717, 1.165) is 57.8 Å². The average molecular weight is 891 g/mol. The van der Waals surface area contributed by atoms with E-state index in [1.54, 1.807) is 0 Å². The number of aliphatic hydroxyl groups excluding tert-OH is 7. The number of carbonyl (C=O) groups excluding carboxylic acids is 1. The van der Waals surface area contributed by atoms with Crippen LogP contribution in [-0.2, 0) is 33.2 Å². The van der Waals surface area contributed by atoms with Gasteiger partial charge in [-0.1, -0.05) is 154 Å². The van der Waals surface area contributed by atoms with Crippen LogP contribution in [0.15, 0.2) is 12.2 Å². The number of allylic oxidation sites excluding steroid dienone is 2. The molecule has 2 aliphatic rings. The van der Waals surface area contributed by atoms with Gasteiger partial charge in [-0.3, -0.25) is 4.79 Å². The van der Waals surface area contributed by atoms with Crippen LogP contribution in [-0.4, -0.2) is 142 Å². The Morgan fingerprint density at radius 1 is 0.516 bits per heavy atom. The summed E-state index contributed by atoms with van der Waals surface area (Å²) >= 11 is 0. The molecular weight excluding hydrogens is 801 g/mol. The maximum Gasteiger partial charge on any atom is 0.306 e. The first-order valence-electron chi connectivity index (χ1n) is 24.8. The Kier molecular flexibility index (Phi) is 33.8. The molecule has 2 fully saturated rings. The van der Waals surface area contributed by atoms with Crippen LogP contribution in [0.3, 0.4) is 0 Å². The van der Waals surface area contributed by atoms with Gasteiger partial charge < -0.3 is 64.2 Å². The number of esters is 1. The van der Waals surface area contributed by atoms with Crippen molar-refractivity contribution in [2.75, 3.05) is 33.0 Å². The Morgan fingerprint density at radius 2 is 0.952 bits per heavy atom. The largest absolute Gasteiger partial charge is 0.457 e. The SMILES string of the molecule is CCCCCCCCC/C=C\CCCCCCCC(=O)OC(COCCCCCCCCCCCCCC)COC1OC(COC2OC(CO)C(O)C(O)C2O)C(O)C(O)C1O. The molecule has 14 nitrogen and oxygen atoms in total. The quantitative estimate of drug-likeness (QED) is 0.0195. The van der Waals surface area contributed by atoms with Crippen LogP contribution in [0.5, 0.6) is 0 Å². The first kappa shape index (κ1) is 56.9. The van der Waals surface area contributed by atoms with E-state index in [1.807, 2.05) is 0 Å². The first-order valence-corrected chi connectivity index (χ1v) is 24.8. The summed E-state index contributed by atoms with van der Waals surface area (Å²) in [7, 11) is 0. The van der Waals surface area contributed by atoms with Crippen LogP contribution in [0.25, 0.3) is 0 Å². The molecule has 2 rings (SSSR count). The molecular formula is C48H90O14. The van der Waals surface area contributed by atoms with E-state index >= 15 is 0 Å². The molecule has 11 unspecified atom stereocenters. The fourth-order valence-corrected chi connectivity index (χ4v) is 7.93. The molecule has 7 N–H and O–H groups in total. The van der Waals surface area contributed by atoms with Crippen molar-refractivity contribution < 1.29 is 69.0 Å². The molecule has 11 atom stereocenters. The van der Waals surface area contributed by atoms with Crippen molar-refractivity contribution in [3.8, 4) is 0 Å². The second kappa shape index (κ2) is 36.9. The minimum absolute atomic E-state index is 0.0634. The van der Waals surface area contributed by atoms with Crippen molar-refractivity contribution in [1.82, 2.24) is 0 Å². The highest BCUT2D eigenvalue weighted by molar-refractivity contribution is 5.69. The number of hydrogen-bond donors (Lipinski definition) is 7. The Hall–Kier alpha value is -1.27. The highest BCUT2D eigenvalue weighted by Gasteiger charge is 2.47. The molecule has 14 heteroatoms. The summed E-state index contributed by atoms with van der Waals surface area (Å²) in [6, 6.07) is 0. The summed E-state index contributed by atoms with van der Waals surface area (Å²) in [6.07, 6.45) is 19.9. The third-order valence-corrected chi connectivity index (χ3v) is 12.0. The molecule has 0 spiro atoms. The molecule has 2 aliphatic heterocycles. The van der Waals surface area contributed by atoms with Crippen molar-refractivity contribution in [3.63, 3.8) is 0 Å². The Labute approximate surface area is 374 Å². The molecule has 2 heterocycles. The zero-order valence-electron chi connectivity index (χ0n) is 38.6. The zero-order valence-corrected chi connectivity index (χ0v) is 38.6. The van der Waals surface area contributed by atoms with Crippen molar-refractivity contribution >= 4 is 5.97 Å². The lowest BCUT2D eigenvalue weighted by atomic mass is 9.98. The van der Waals surface area contributed by atoms with E-state index in [4.69, 9.17) is 28.4 Å². The maximum atomic E-state index is 13.0. The fraction of sp³-hybridized carbons (Fsp3) is 0.938. The number of aliphatic hydroxyl groups is 7. The van der Waals surface area contributed by atoms with Crippen LogP contribution < -0.4 is 0 Å².